The summed E-state index contributed by atoms with van der Waals surface area (Å²) in [5.41, 5.74) is 2.05. The fourth-order valence-corrected chi connectivity index (χ4v) is 1.84. The average Bonchev–Trinajstić information content (AvgIpc) is 2.38. The molecule has 0 radical (unpaired) electrons. The smallest absolute Gasteiger partial charge is 0.124 e. The number of benzene rings is 1. The van der Waals surface area contributed by atoms with Crippen LogP contribution >= 0.6 is 0 Å². The van der Waals surface area contributed by atoms with E-state index in [0.717, 1.165) is 30.9 Å². The summed E-state index contributed by atoms with van der Waals surface area (Å²) in [5, 5.41) is 12.5. The summed E-state index contributed by atoms with van der Waals surface area (Å²) in [6, 6.07) is 6.01. The van der Waals surface area contributed by atoms with E-state index >= 15 is 0 Å². The van der Waals surface area contributed by atoms with Gasteiger partial charge < -0.3 is 20.1 Å². The largest absolute Gasteiger partial charge is 0.494 e. The van der Waals surface area contributed by atoms with Crippen molar-refractivity contribution >= 4 is 0 Å². The minimum Gasteiger partial charge on any atom is -0.494 e. The molecule has 4 heteroatoms. The second-order valence-electron chi connectivity index (χ2n) is 4.37. The first-order valence-corrected chi connectivity index (χ1v) is 6.39. The highest BCUT2D eigenvalue weighted by Gasteiger charge is 2.06. The zero-order valence-corrected chi connectivity index (χ0v) is 11.6. The maximum atomic E-state index is 9.34. The van der Waals surface area contributed by atoms with Crippen LogP contribution in [0.5, 0.6) is 5.75 Å². The van der Waals surface area contributed by atoms with Gasteiger partial charge in [-0.3, -0.25) is 0 Å². The lowest BCUT2D eigenvalue weighted by atomic mass is 10.1. The van der Waals surface area contributed by atoms with Crippen molar-refractivity contribution in [3.8, 4) is 5.75 Å². The van der Waals surface area contributed by atoms with E-state index in [1.807, 2.05) is 26.1 Å². The van der Waals surface area contributed by atoms with Crippen molar-refractivity contribution in [2.75, 3.05) is 33.8 Å². The van der Waals surface area contributed by atoms with Gasteiger partial charge in [-0.15, -0.1) is 0 Å². The maximum absolute atomic E-state index is 9.34. The molecular formula is C14H24N2O2. The Kier molecular flexibility index (Phi) is 6.72. The SMILES string of the molecule is CCOc1ccc(CN(C)CCNC)cc1CO. The molecule has 0 aliphatic heterocycles. The summed E-state index contributed by atoms with van der Waals surface area (Å²) in [4.78, 5) is 2.24. The van der Waals surface area contributed by atoms with Gasteiger partial charge in [0, 0.05) is 25.2 Å². The fourth-order valence-electron chi connectivity index (χ4n) is 1.84. The Bertz CT molecular complexity index is 356. The molecule has 0 amide bonds. The molecule has 2 N–H and O–H groups in total. The van der Waals surface area contributed by atoms with Crippen LogP contribution in [0.15, 0.2) is 18.2 Å². The Morgan fingerprint density at radius 3 is 2.78 bits per heavy atom. The Morgan fingerprint density at radius 2 is 2.17 bits per heavy atom. The second-order valence-corrected chi connectivity index (χ2v) is 4.37. The lowest BCUT2D eigenvalue weighted by Crippen LogP contribution is -2.26. The summed E-state index contributed by atoms with van der Waals surface area (Å²) >= 11 is 0. The maximum Gasteiger partial charge on any atom is 0.124 e. The van der Waals surface area contributed by atoms with Gasteiger partial charge in [0.25, 0.3) is 0 Å². The molecular weight excluding hydrogens is 228 g/mol. The quantitative estimate of drug-likeness (QED) is 0.730. The minimum atomic E-state index is 0.0173. The lowest BCUT2D eigenvalue weighted by Gasteiger charge is -2.17. The predicted molar refractivity (Wildman–Crippen MR) is 73.8 cm³/mol. The molecule has 0 saturated heterocycles. The lowest BCUT2D eigenvalue weighted by molar-refractivity contribution is 0.266. The van der Waals surface area contributed by atoms with Crippen LogP contribution < -0.4 is 10.1 Å². The fraction of sp³-hybridized carbons (Fsp3) is 0.571. The Labute approximate surface area is 110 Å². The summed E-state index contributed by atoms with van der Waals surface area (Å²) in [6.45, 7) is 5.43. The van der Waals surface area contributed by atoms with E-state index < -0.39 is 0 Å². The molecule has 0 aliphatic carbocycles. The molecule has 0 saturated carbocycles. The standard InChI is InChI=1S/C14H24N2O2/c1-4-18-14-6-5-12(9-13(14)11-17)10-16(3)8-7-15-2/h5-6,9,15,17H,4,7-8,10-11H2,1-3H3. The van der Waals surface area contributed by atoms with Crippen molar-refractivity contribution in [1.82, 2.24) is 10.2 Å². The van der Waals surface area contributed by atoms with Gasteiger partial charge in [0.05, 0.1) is 13.2 Å². The summed E-state index contributed by atoms with van der Waals surface area (Å²) < 4.78 is 5.47. The predicted octanol–water partition coefficient (Wildman–Crippen LogP) is 1.23. The van der Waals surface area contributed by atoms with Gasteiger partial charge in [-0.2, -0.15) is 0 Å². The van der Waals surface area contributed by atoms with Crippen LogP contribution in [0.25, 0.3) is 0 Å². The summed E-state index contributed by atoms with van der Waals surface area (Å²) in [7, 11) is 4.04. The van der Waals surface area contributed by atoms with E-state index in [1.54, 1.807) is 0 Å². The first-order chi connectivity index (χ1) is 8.71. The van der Waals surface area contributed by atoms with Crippen molar-refractivity contribution < 1.29 is 9.84 Å². The number of ether oxygens (including phenoxy) is 1. The van der Waals surface area contributed by atoms with E-state index in [-0.39, 0.29) is 6.61 Å². The van der Waals surface area contributed by atoms with Crippen LogP contribution in [0, 0.1) is 0 Å². The number of hydrogen-bond donors (Lipinski definition) is 2. The molecule has 0 fully saturated rings. The molecule has 0 aromatic heterocycles. The highest BCUT2D eigenvalue weighted by atomic mass is 16.5. The second kappa shape index (κ2) is 8.08. The van der Waals surface area contributed by atoms with Gasteiger partial charge >= 0.3 is 0 Å². The molecule has 0 aliphatic rings. The van der Waals surface area contributed by atoms with Gasteiger partial charge in [-0.1, -0.05) is 6.07 Å². The highest BCUT2D eigenvalue weighted by molar-refractivity contribution is 5.36. The topological polar surface area (TPSA) is 44.7 Å². The molecule has 4 nitrogen and oxygen atoms in total. The van der Waals surface area contributed by atoms with E-state index in [1.165, 1.54) is 5.56 Å². The van der Waals surface area contributed by atoms with Crippen molar-refractivity contribution in [3.05, 3.63) is 29.3 Å². The molecule has 0 heterocycles. The van der Waals surface area contributed by atoms with Crippen LogP contribution in [-0.4, -0.2) is 43.8 Å². The zero-order valence-electron chi connectivity index (χ0n) is 11.6. The summed E-state index contributed by atoms with van der Waals surface area (Å²) in [5.74, 6) is 0.779. The monoisotopic (exact) mass is 252 g/mol. The first-order valence-electron chi connectivity index (χ1n) is 6.39. The highest BCUT2D eigenvalue weighted by Crippen LogP contribution is 2.21. The van der Waals surface area contributed by atoms with E-state index in [4.69, 9.17) is 4.74 Å². The van der Waals surface area contributed by atoms with Gasteiger partial charge in [0.1, 0.15) is 5.75 Å². The molecule has 0 atom stereocenters. The van der Waals surface area contributed by atoms with Crippen molar-refractivity contribution in [3.63, 3.8) is 0 Å². The molecule has 0 unspecified atom stereocenters. The molecule has 18 heavy (non-hydrogen) atoms. The van der Waals surface area contributed by atoms with Gasteiger partial charge in [0.2, 0.25) is 0 Å². The van der Waals surface area contributed by atoms with Crippen LogP contribution in [0.1, 0.15) is 18.1 Å². The number of aliphatic hydroxyl groups is 1. The molecule has 0 spiro atoms. The van der Waals surface area contributed by atoms with Crippen LogP contribution in [0.3, 0.4) is 0 Å². The molecule has 1 rings (SSSR count). The molecule has 0 bridgehead atoms. The van der Waals surface area contributed by atoms with Crippen molar-refractivity contribution in [2.45, 2.75) is 20.1 Å². The van der Waals surface area contributed by atoms with E-state index in [2.05, 4.69) is 23.3 Å². The Hall–Kier alpha value is -1.10. The number of likely N-dealkylation sites (N-methyl/N-ethyl adjacent to an activating group) is 2. The van der Waals surface area contributed by atoms with E-state index in [0.29, 0.717) is 6.61 Å². The number of aliphatic hydroxyl groups excluding tert-OH is 1. The minimum absolute atomic E-state index is 0.0173. The Balaban J connectivity index is 2.66. The molecule has 102 valence electrons. The summed E-state index contributed by atoms with van der Waals surface area (Å²) in [6.07, 6.45) is 0. The third-order valence-corrected chi connectivity index (χ3v) is 2.79. The van der Waals surface area contributed by atoms with Crippen LogP contribution in [0.4, 0.5) is 0 Å². The number of nitrogens with one attached hydrogen (secondary N) is 1. The third-order valence-electron chi connectivity index (χ3n) is 2.79. The van der Waals surface area contributed by atoms with Crippen molar-refractivity contribution in [1.29, 1.82) is 0 Å². The zero-order chi connectivity index (χ0) is 13.4. The number of nitrogens with zero attached hydrogens (tertiary/aromatic N) is 1. The van der Waals surface area contributed by atoms with Crippen molar-refractivity contribution in [2.24, 2.45) is 0 Å². The van der Waals surface area contributed by atoms with Crippen LogP contribution in [0.2, 0.25) is 0 Å². The molecule has 1 aromatic carbocycles. The van der Waals surface area contributed by atoms with Gasteiger partial charge in [0.15, 0.2) is 0 Å². The van der Waals surface area contributed by atoms with E-state index in [9.17, 15) is 5.11 Å². The number of rotatable bonds is 8. The third kappa shape index (κ3) is 4.64. The molecule has 1 aromatic rings. The van der Waals surface area contributed by atoms with Gasteiger partial charge in [-0.25, -0.2) is 0 Å². The van der Waals surface area contributed by atoms with Crippen LogP contribution in [-0.2, 0) is 13.2 Å². The normalized spacial score (nSPS) is 10.9. The Morgan fingerprint density at radius 1 is 1.39 bits per heavy atom. The van der Waals surface area contributed by atoms with Gasteiger partial charge in [-0.05, 0) is 38.7 Å². The first kappa shape index (κ1) is 15.0. The average molecular weight is 252 g/mol. The number of hydrogen-bond acceptors (Lipinski definition) is 4.